The third-order valence-corrected chi connectivity index (χ3v) is 19.1. The van der Waals surface area contributed by atoms with E-state index >= 15 is 14.4 Å². The zero-order valence-corrected chi connectivity index (χ0v) is 55.9. The number of rotatable bonds is 15. The van der Waals surface area contributed by atoms with E-state index in [0.29, 0.717) is 70.6 Å². The number of nitrogens with two attached hydrogens (primary N) is 2. The van der Waals surface area contributed by atoms with Crippen molar-refractivity contribution in [1.29, 1.82) is 0 Å². The van der Waals surface area contributed by atoms with Crippen LogP contribution in [0.4, 0.5) is 8.78 Å². The topological polar surface area (TPSA) is 440 Å². The van der Waals surface area contributed by atoms with E-state index < -0.39 is 144 Å². The summed E-state index contributed by atoms with van der Waals surface area (Å²) in [6.45, 7) is -0.409. The number of thioether (sulfide) groups is 2. The normalized spacial score (nSPS) is 22.1. The third-order valence-electron chi connectivity index (χ3n) is 17.0. The van der Waals surface area contributed by atoms with Gasteiger partial charge in [0.25, 0.3) is 0 Å². The first kappa shape index (κ1) is 73.9. The second kappa shape index (κ2) is 35.4. The molecule has 1 fully saturated rings. The van der Waals surface area contributed by atoms with Gasteiger partial charge in [0, 0.05) is 108 Å². The van der Waals surface area contributed by atoms with Crippen LogP contribution in [0.3, 0.4) is 0 Å². The molecule has 0 unspecified atom stereocenters. The van der Waals surface area contributed by atoms with Gasteiger partial charge in [0.15, 0.2) is 0 Å². The predicted octanol–water partition coefficient (Wildman–Crippen LogP) is 1.79. The summed E-state index contributed by atoms with van der Waals surface area (Å²) in [5, 5.41) is 42.0. The van der Waals surface area contributed by atoms with Crippen LogP contribution in [-0.2, 0) is 89.9 Å². The van der Waals surface area contributed by atoms with E-state index in [4.69, 9.17) is 11.5 Å². The van der Waals surface area contributed by atoms with E-state index in [1.807, 2.05) is 24.3 Å². The molecular weight excluding hydrogens is 1340 g/mol. The Hall–Kier alpha value is -10.3. The van der Waals surface area contributed by atoms with E-state index in [0.717, 1.165) is 17.2 Å². The molecule has 3 aromatic heterocycles. The molecule has 10 amide bonds. The van der Waals surface area contributed by atoms with E-state index in [1.165, 1.54) is 108 Å². The Labute approximate surface area is 580 Å². The van der Waals surface area contributed by atoms with Gasteiger partial charge in [0.2, 0.25) is 59.1 Å². The lowest BCUT2D eigenvalue weighted by atomic mass is 10.0. The summed E-state index contributed by atoms with van der Waals surface area (Å²) in [5.74, 6) is -10.6. The number of carboxylic acids is 1. The summed E-state index contributed by atoms with van der Waals surface area (Å²) in [4.78, 5) is 170. The number of primary amides is 1. The maximum atomic E-state index is 15.0. The monoisotopic (exact) mass is 1420 g/mol. The van der Waals surface area contributed by atoms with E-state index in [1.54, 1.807) is 0 Å². The number of aromatic hydroxyl groups is 1. The zero-order chi connectivity index (χ0) is 71.4. The van der Waals surface area contributed by atoms with Gasteiger partial charge in [0.05, 0.1) is 19.3 Å². The molecule has 9 rings (SSSR count). The van der Waals surface area contributed by atoms with Crippen LogP contribution in [0.5, 0.6) is 5.75 Å². The van der Waals surface area contributed by atoms with Crippen LogP contribution < -0.4 is 54.0 Å². The molecule has 17 N–H and O–H groups in total. The Morgan fingerprint density at radius 1 is 0.620 bits per heavy atom. The minimum absolute atomic E-state index is 0.0105. The van der Waals surface area contributed by atoms with Crippen molar-refractivity contribution in [1.82, 2.24) is 67.4 Å². The number of benzene rings is 4. The summed E-state index contributed by atoms with van der Waals surface area (Å²) in [5.41, 5.74) is 15.5. The van der Waals surface area contributed by atoms with Gasteiger partial charge in [0.1, 0.15) is 65.7 Å². The number of amides is 10. The number of hydrogen-bond acceptors (Lipinski definition) is 16. The number of imidazole rings is 1. The fourth-order valence-corrected chi connectivity index (χ4v) is 13.8. The molecule has 0 spiro atoms. The zero-order valence-electron chi connectivity index (χ0n) is 54.2. The maximum absolute atomic E-state index is 15.0. The molecule has 0 radical (unpaired) electrons. The molecular formula is C68H79F2N15O13S2. The Kier molecular flexibility index (Phi) is 26.2. The molecule has 5 heterocycles. The van der Waals surface area contributed by atoms with Crippen LogP contribution >= 0.6 is 23.5 Å². The first-order valence-corrected chi connectivity index (χ1v) is 34.8. The minimum Gasteiger partial charge on any atom is -0.508 e. The number of aliphatic carboxylic acids is 1. The van der Waals surface area contributed by atoms with Gasteiger partial charge in [-0.3, -0.25) is 52.7 Å². The number of nitrogens with zero attached hydrogens (tertiary/aromatic N) is 2. The Bertz CT molecular complexity index is 4100. The number of unbranched alkanes of at least 4 members (excludes halogenated alkanes) is 1. The molecule has 530 valence electrons. The highest BCUT2D eigenvalue weighted by Gasteiger charge is 2.41. The number of nitrogens with one attached hydrogen (secondary N) is 11. The van der Waals surface area contributed by atoms with Crippen molar-refractivity contribution in [3.63, 3.8) is 0 Å². The van der Waals surface area contributed by atoms with Gasteiger partial charge in [-0.25, -0.2) is 13.8 Å². The minimum atomic E-state index is -2.04. The number of phenolic OH excluding ortho intramolecular Hbond substituents is 1. The van der Waals surface area contributed by atoms with Crippen molar-refractivity contribution in [3.05, 3.63) is 155 Å². The molecule has 32 heteroatoms. The molecule has 0 aliphatic carbocycles. The first-order valence-electron chi connectivity index (χ1n) is 32.5. The predicted molar refractivity (Wildman–Crippen MR) is 367 cm³/mol. The van der Waals surface area contributed by atoms with Crippen LogP contribution in [0, 0.1) is 11.6 Å². The lowest BCUT2D eigenvalue weighted by Gasteiger charge is -2.31. The van der Waals surface area contributed by atoms with E-state index in [-0.39, 0.29) is 73.2 Å². The molecule has 7 aromatic rings. The molecule has 1 saturated heterocycles. The van der Waals surface area contributed by atoms with Crippen molar-refractivity contribution in [3.8, 4) is 5.75 Å². The van der Waals surface area contributed by atoms with Crippen LogP contribution in [0.2, 0.25) is 0 Å². The highest BCUT2D eigenvalue weighted by Crippen LogP contribution is 2.26. The number of carboxylic acid groups (broad SMARTS) is 1. The average Bonchev–Trinajstić information content (AvgIpc) is 1.64. The Morgan fingerprint density at radius 2 is 1.21 bits per heavy atom. The quantitative estimate of drug-likeness (QED) is 0.0651. The van der Waals surface area contributed by atoms with Gasteiger partial charge in [-0.1, -0.05) is 36.4 Å². The van der Waals surface area contributed by atoms with Gasteiger partial charge in [-0.15, -0.1) is 0 Å². The van der Waals surface area contributed by atoms with Crippen LogP contribution in [0.25, 0.3) is 21.8 Å². The van der Waals surface area contributed by atoms with E-state index in [9.17, 15) is 57.4 Å². The maximum Gasteiger partial charge on any atom is 0.305 e. The number of hydrogen-bond donors (Lipinski definition) is 15. The molecule has 2 aliphatic rings. The fraction of sp³-hybridized carbons (Fsp3) is 0.382. The lowest BCUT2D eigenvalue weighted by molar-refractivity contribution is -0.143. The van der Waals surface area contributed by atoms with Gasteiger partial charge < -0.3 is 84.1 Å². The number of carbonyl (C=O) groups excluding carboxylic acids is 10. The highest BCUT2D eigenvalue weighted by atomic mass is 32.2. The molecule has 8 atom stereocenters. The van der Waals surface area contributed by atoms with Gasteiger partial charge >= 0.3 is 5.97 Å². The molecule has 2 bridgehead atoms. The number of fused-ring (bicyclic) bond motifs is 5. The summed E-state index contributed by atoms with van der Waals surface area (Å²) >= 11 is 2.79. The molecule has 4 aromatic carbocycles. The highest BCUT2D eigenvalue weighted by molar-refractivity contribution is 7.98. The summed E-state index contributed by atoms with van der Waals surface area (Å²) in [7, 11) is 0. The molecule has 100 heavy (non-hydrogen) atoms. The lowest BCUT2D eigenvalue weighted by Crippen LogP contribution is -2.61. The third kappa shape index (κ3) is 20.9. The molecule has 28 nitrogen and oxygen atoms in total. The first-order chi connectivity index (χ1) is 48.1. The number of halogens is 2. The number of carbonyl (C=O) groups is 11. The van der Waals surface area contributed by atoms with Crippen LogP contribution in [-0.4, -0.2) is 180 Å². The summed E-state index contributed by atoms with van der Waals surface area (Å²) in [6, 6.07) is 8.87. The largest absolute Gasteiger partial charge is 0.508 e. The fourth-order valence-electron chi connectivity index (χ4n) is 11.9. The average molecular weight is 1420 g/mol. The van der Waals surface area contributed by atoms with Gasteiger partial charge in [-0.05, 0) is 115 Å². The van der Waals surface area contributed by atoms with E-state index in [2.05, 4.69) is 62.5 Å². The van der Waals surface area contributed by atoms with Crippen molar-refractivity contribution in [2.24, 2.45) is 11.5 Å². The van der Waals surface area contributed by atoms with Crippen LogP contribution in [0.1, 0.15) is 78.5 Å². The Balaban J connectivity index is 1.05. The van der Waals surface area contributed by atoms with Crippen molar-refractivity contribution < 1.29 is 71.7 Å². The number of phenols is 1. The number of aromatic amines is 3. The standard InChI is InChI=1S/C68H79F2N15O13S2/c69-42-11-15-48-46(25-42)40(29-74-48)23-51-63(93)80-52(24-41-30-75-49-16-12-43(70)26-47(41)49)64(94)82-54(28-60(89)90)66(96)81-53(27-44-31-73-36-77-44)65(95)83-55(22-37-9-13-45(86)14-10-37)68(98)85-19-4-8-57(85)67(97)84-56(61(72)91)35-100-34-39-6-3-5-38(21-39)33-99-20-17-58(87)78-50(7-1-2-18-71)62(92)76-32-59(88)79-51/h3,5-6,9-16,21,25-26,29-31,36,50-57,74-75,86H,1-2,4,7-8,17-20,22-24,27-28,32-35,71H2,(H2,72,91)(H,73,77)(H,76,92)(H,78,87)(H,79,88)(H,80,93)(H,81,96)(H,82,94)(H,83,95)(H,84,97)(H,89,90)/t50-,51-,52-,53+,54-,55-,56-,57-/m0/s1. The Morgan fingerprint density at radius 3 is 1.82 bits per heavy atom. The summed E-state index contributed by atoms with van der Waals surface area (Å²) in [6.07, 6.45) is 4.52. The SMILES string of the molecule is NCCCC[C@@H]1NC(=O)CCSCc2cccc(c2)CSC[C@@H](C(N)=O)NC(=O)[C@@H]2CCCN2C(=O)[C@H](Cc2ccc(O)cc2)NC(=O)[C@@H](Cc2cnc[nH]2)NC(=O)[C@H](CC(=O)O)NC(=O)[C@H](Cc2c[nH]c3ccc(F)cc23)NC(=O)[C@H](Cc2c[nH]c3ccc(F)cc23)NC(=O)CNC1=O. The number of aromatic nitrogens is 4. The summed E-state index contributed by atoms with van der Waals surface area (Å²) < 4.78 is 29.8. The van der Waals surface area contributed by atoms with Crippen molar-refractivity contribution in [2.45, 2.75) is 130 Å². The van der Waals surface area contributed by atoms with Crippen molar-refractivity contribution >= 4 is 110 Å². The van der Waals surface area contributed by atoms with Crippen LogP contribution in [0.15, 0.2) is 110 Å². The molecule has 2 aliphatic heterocycles. The molecule has 0 saturated carbocycles. The smallest absolute Gasteiger partial charge is 0.305 e. The number of H-pyrrole nitrogens is 3. The van der Waals surface area contributed by atoms with Crippen molar-refractivity contribution in [2.75, 3.05) is 31.1 Å². The van der Waals surface area contributed by atoms with Gasteiger partial charge in [-0.2, -0.15) is 23.5 Å². The second-order valence-electron chi connectivity index (χ2n) is 24.4. The second-order valence-corrected chi connectivity index (χ2v) is 26.6.